The fourth-order valence-electron chi connectivity index (χ4n) is 4.24. The van der Waals surface area contributed by atoms with Gasteiger partial charge >= 0.3 is 0 Å². The molecule has 2 aromatic heterocycles. The normalized spacial score (nSPS) is 16.7. The Morgan fingerprint density at radius 2 is 1.92 bits per heavy atom. The first-order valence-corrected chi connectivity index (χ1v) is 13.3. The summed E-state index contributed by atoms with van der Waals surface area (Å²) >= 11 is 5.87. The average molecular weight is 551 g/mol. The Hall–Kier alpha value is -4.15. The van der Waals surface area contributed by atoms with Crippen LogP contribution in [-0.4, -0.2) is 35.4 Å². The molecule has 38 heavy (non-hydrogen) atoms. The fraction of sp³-hybridized carbons (Fsp3) is 0.111. The second kappa shape index (κ2) is 9.96. The maximum absolute atomic E-state index is 14.8. The number of nitrogens with one attached hydrogen (secondary N) is 2. The molecule has 0 radical (unpaired) electrons. The predicted molar refractivity (Wildman–Crippen MR) is 143 cm³/mol. The molecule has 1 atom stereocenters. The average Bonchev–Trinajstić information content (AvgIpc) is 3.39. The Labute approximate surface area is 221 Å². The summed E-state index contributed by atoms with van der Waals surface area (Å²) in [6.45, 7) is 0.122. The van der Waals surface area contributed by atoms with Gasteiger partial charge in [-0.1, -0.05) is 29.8 Å². The van der Waals surface area contributed by atoms with Crippen LogP contribution in [0.25, 0.3) is 10.9 Å². The lowest BCUT2D eigenvalue weighted by atomic mass is 10.1. The van der Waals surface area contributed by atoms with Crippen molar-refractivity contribution >= 4 is 44.5 Å². The van der Waals surface area contributed by atoms with Gasteiger partial charge in [-0.05, 0) is 54.1 Å². The van der Waals surface area contributed by atoms with Crippen LogP contribution in [0.5, 0.6) is 0 Å². The van der Waals surface area contributed by atoms with Crippen molar-refractivity contribution in [3.63, 3.8) is 0 Å². The van der Waals surface area contributed by atoms with Crippen LogP contribution in [0.1, 0.15) is 21.6 Å². The molecule has 0 aliphatic carbocycles. The van der Waals surface area contributed by atoms with Gasteiger partial charge < -0.3 is 10.3 Å². The Morgan fingerprint density at radius 3 is 2.61 bits per heavy atom. The number of carbonyl (C=O) groups is 1. The van der Waals surface area contributed by atoms with Crippen molar-refractivity contribution in [1.82, 2.24) is 15.3 Å². The second-order valence-corrected chi connectivity index (χ2v) is 11.2. The maximum Gasteiger partial charge on any atom is 0.257 e. The van der Waals surface area contributed by atoms with Crippen LogP contribution < -0.4 is 10.7 Å². The first-order valence-electron chi connectivity index (χ1n) is 11.5. The molecule has 1 amide bonds. The van der Waals surface area contributed by atoms with Crippen molar-refractivity contribution in [3.8, 4) is 0 Å². The van der Waals surface area contributed by atoms with Gasteiger partial charge in [-0.3, -0.25) is 19.6 Å². The standard InChI is InChI=1S/C27H20ClFN4O4S/c28-18-7-5-17(6-8-18)15-32-26(35)22-16-31-24-21(25(22)34)12-19(29)13-23(24)38(36,37)27(9-3-11-33-27)14-20-4-1-2-10-30-20/h1-13,16H,14-15H2,(H,31,34)(H,32,35). The Balaban J connectivity index is 1.54. The first-order chi connectivity index (χ1) is 18.2. The highest BCUT2D eigenvalue weighted by molar-refractivity contribution is 7.93. The van der Waals surface area contributed by atoms with Gasteiger partial charge in [0.2, 0.25) is 15.3 Å². The molecule has 4 aromatic rings. The zero-order chi connectivity index (χ0) is 26.9. The van der Waals surface area contributed by atoms with E-state index in [-0.39, 0.29) is 29.4 Å². The Morgan fingerprint density at radius 1 is 1.13 bits per heavy atom. The first kappa shape index (κ1) is 25.5. The summed E-state index contributed by atoms with van der Waals surface area (Å²) < 4.78 is 42.7. The topological polar surface area (TPSA) is 121 Å². The second-order valence-electron chi connectivity index (χ2n) is 8.65. The van der Waals surface area contributed by atoms with Crippen LogP contribution in [0.15, 0.2) is 93.8 Å². The number of amides is 1. The van der Waals surface area contributed by atoms with Gasteiger partial charge in [-0.2, -0.15) is 0 Å². The van der Waals surface area contributed by atoms with Crippen molar-refractivity contribution in [2.45, 2.75) is 22.7 Å². The monoisotopic (exact) mass is 550 g/mol. The molecule has 1 aliphatic rings. The van der Waals surface area contributed by atoms with E-state index in [1.807, 2.05) is 0 Å². The molecule has 5 rings (SSSR count). The maximum atomic E-state index is 14.8. The van der Waals surface area contributed by atoms with E-state index in [9.17, 15) is 22.4 Å². The van der Waals surface area contributed by atoms with E-state index in [1.165, 1.54) is 24.6 Å². The molecule has 0 saturated heterocycles. The number of fused-ring (bicyclic) bond motifs is 1. The third-order valence-corrected chi connectivity index (χ3v) is 8.65. The SMILES string of the molecule is O=C(NCc1ccc(Cl)cc1)c1c[nH]c2c(S(=O)(=O)C3(Cc4ccccn4)C=CC=N3)cc(F)cc2c1=O. The molecule has 11 heteroatoms. The minimum atomic E-state index is -4.39. The number of hydrogen-bond donors (Lipinski definition) is 2. The number of pyridine rings is 2. The molecule has 8 nitrogen and oxygen atoms in total. The predicted octanol–water partition coefficient (Wildman–Crippen LogP) is 4.00. The van der Waals surface area contributed by atoms with E-state index in [4.69, 9.17) is 11.6 Å². The van der Waals surface area contributed by atoms with E-state index in [1.54, 1.807) is 42.5 Å². The number of aromatic amines is 1. The largest absolute Gasteiger partial charge is 0.359 e. The number of H-pyrrole nitrogens is 1. The third-order valence-electron chi connectivity index (χ3n) is 6.18. The van der Waals surface area contributed by atoms with E-state index >= 15 is 0 Å². The summed E-state index contributed by atoms with van der Waals surface area (Å²) in [6.07, 6.45) is 6.81. The molecule has 0 bridgehead atoms. The number of hydrogen-bond acceptors (Lipinski definition) is 6. The lowest BCUT2D eigenvalue weighted by molar-refractivity contribution is 0.0949. The Bertz CT molecular complexity index is 1760. The van der Waals surface area contributed by atoms with Crippen LogP contribution in [-0.2, 0) is 22.8 Å². The molecule has 0 fully saturated rings. The van der Waals surface area contributed by atoms with Crippen molar-refractivity contribution in [2.75, 3.05) is 0 Å². The van der Waals surface area contributed by atoms with Gasteiger partial charge in [0.1, 0.15) is 11.4 Å². The smallest absolute Gasteiger partial charge is 0.257 e. The van der Waals surface area contributed by atoms with Crippen molar-refractivity contribution < 1.29 is 17.6 Å². The van der Waals surface area contributed by atoms with E-state index in [0.717, 1.165) is 23.9 Å². The fourth-order valence-corrected chi connectivity index (χ4v) is 6.25. The minimum absolute atomic E-state index is 0.101. The zero-order valence-corrected chi connectivity index (χ0v) is 21.3. The van der Waals surface area contributed by atoms with Gasteiger partial charge in [0.15, 0.2) is 4.87 Å². The number of sulfone groups is 1. The number of benzene rings is 2. The quantitative estimate of drug-likeness (QED) is 0.360. The molecule has 2 N–H and O–H groups in total. The number of nitrogens with zero attached hydrogens (tertiary/aromatic N) is 2. The summed E-state index contributed by atoms with van der Waals surface area (Å²) in [5, 5.41) is 2.89. The minimum Gasteiger partial charge on any atom is -0.359 e. The van der Waals surface area contributed by atoms with Gasteiger partial charge in [-0.25, -0.2) is 12.8 Å². The number of aromatic nitrogens is 2. The van der Waals surface area contributed by atoms with Gasteiger partial charge in [0.25, 0.3) is 5.91 Å². The molecular formula is C27H20ClFN4O4S. The van der Waals surface area contributed by atoms with Gasteiger partial charge in [-0.15, -0.1) is 0 Å². The van der Waals surface area contributed by atoms with Crippen LogP contribution in [0, 0.1) is 5.82 Å². The molecule has 192 valence electrons. The van der Waals surface area contributed by atoms with E-state index in [0.29, 0.717) is 10.7 Å². The molecule has 2 aromatic carbocycles. The van der Waals surface area contributed by atoms with Crippen LogP contribution in [0.4, 0.5) is 4.39 Å². The van der Waals surface area contributed by atoms with Crippen molar-refractivity contribution in [2.24, 2.45) is 4.99 Å². The lowest BCUT2D eigenvalue weighted by Crippen LogP contribution is -2.37. The summed E-state index contributed by atoms with van der Waals surface area (Å²) in [4.78, 5) is 34.9. The Kier molecular flexibility index (Phi) is 6.68. The van der Waals surface area contributed by atoms with E-state index < -0.39 is 36.8 Å². The summed E-state index contributed by atoms with van der Waals surface area (Å²) in [6, 6.07) is 13.6. The van der Waals surface area contributed by atoms with Crippen LogP contribution in [0.2, 0.25) is 5.02 Å². The summed E-state index contributed by atoms with van der Waals surface area (Å²) in [5.41, 5.74) is -0.00659. The third kappa shape index (κ3) is 4.64. The van der Waals surface area contributed by atoms with E-state index in [2.05, 4.69) is 20.3 Å². The number of halogens is 2. The zero-order valence-electron chi connectivity index (χ0n) is 19.7. The molecule has 0 saturated carbocycles. The number of allylic oxidation sites excluding steroid dienone is 1. The molecule has 1 aliphatic heterocycles. The van der Waals surface area contributed by atoms with Gasteiger partial charge in [0, 0.05) is 42.3 Å². The highest BCUT2D eigenvalue weighted by Crippen LogP contribution is 2.36. The number of rotatable bonds is 7. The molecular weight excluding hydrogens is 531 g/mol. The van der Waals surface area contributed by atoms with Crippen LogP contribution in [0.3, 0.4) is 0 Å². The van der Waals surface area contributed by atoms with Gasteiger partial charge in [0.05, 0.1) is 15.8 Å². The summed E-state index contributed by atoms with van der Waals surface area (Å²) in [5.74, 6) is -1.65. The highest BCUT2D eigenvalue weighted by Gasteiger charge is 2.45. The van der Waals surface area contributed by atoms with Crippen molar-refractivity contribution in [1.29, 1.82) is 0 Å². The number of aliphatic imine (C=N–C) groups is 1. The molecule has 1 unspecified atom stereocenters. The summed E-state index contributed by atoms with van der Waals surface area (Å²) in [7, 11) is -4.39. The molecule has 3 heterocycles. The van der Waals surface area contributed by atoms with Crippen LogP contribution >= 0.6 is 11.6 Å². The molecule has 0 spiro atoms. The lowest BCUT2D eigenvalue weighted by Gasteiger charge is -2.25. The van der Waals surface area contributed by atoms with Crippen molar-refractivity contribution in [3.05, 3.63) is 117 Å². The highest BCUT2D eigenvalue weighted by atomic mass is 35.5. The number of carbonyl (C=O) groups excluding carboxylic acids is 1.